The molecule has 9 heteroatoms. The van der Waals surface area contributed by atoms with Gasteiger partial charge in [0.15, 0.2) is 0 Å². The fourth-order valence-corrected chi connectivity index (χ4v) is 5.62. The predicted octanol–water partition coefficient (Wildman–Crippen LogP) is 5.22. The van der Waals surface area contributed by atoms with Crippen molar-refractivity contribution < 1.29 is 18.0 Å². The highest BCUT2D eigenvalue weighted by molar-refractivity contribution is 7.92. The zero-order valence-electron chi connectivity index (χ0n) is 22.8. The van der Waals surface area contributed by atoms with Gasteiger partial charge in [0.25, 0.3) is 10.0 Å². The van der Waals surface area contributed by atoms with E-state index in [-0.39, 0.29) is 29.1 Å². The number of nitrogens with zero attached hydrogens (tertiary/aromatic N) is 2. The normalized spacial score (nSPS) is 12.8. The van der Waals surface area contributed by atoms with Crippen molar-refractivity contribution in [2.24, 2.45) is 0 Å². The van der Waals surface area contributed by atoms with E-state index < -0.39 is 28.5 Å². The average molecular weight is 570 g/mol. The van der Waals surface area contributed by atoms with Gasteiger partial charge < -0.3 is 10.2 Å². The van der Waals surface area contributed by atoms with E-state index >= 15 is 0 Å². The number of rotatable bonds is 12. The van der Waals surface area contributed by atoms with E-state index in [9.17, 15) is 18.0 Å². The number of anilines is 1. The molecule has 0 saturated heterocycles. The van der Waals surface area contributed by atoms with Crippen LogP contribution in [0.15, 0.2) is 83.8 Å². The van der Waals surface area contributed by atoms with Gasteiger partial charge in [-0.05, 0) is 69.0 Å². The summed E-state index contributed by atoms with van der Waals surface area (Å²) >= 11 is 6.36. The highest BCUT2D eigenvalue weighted by atomic mass is 35.5. The molecule has 0 fully saturated rings. The Labute approximate surface area is 236 Å². The third-order valence-corrected chi connectivity index (χ3v) is 8.90. The highest BCUT2D eigenvalue weighted by Crippen LogP contribution is 2.28. The Morgan fingerprint density at radius 2 is 1.56 bits per heavy atom. The van der Waals surface area contributed by atoms with Crippen molar-refractivity contribution >= 4 is 39.1 Å². The molecule has 3 aromatic rings. The van der Waals surface area contributed by atoms with Crippen molar-refractivity contribution in [2.75, 3.05) is 17.4 Å². The van der Waals surface area contributed by atoms with Gasteiger partial charge in [0.2, 0.25) is 11.8 Å². The molecule has 0 aliphatic rings. The van der Waals surface area contributed by atoms with Crippen LogP contribution in [-0.4, -0.2) is 50.3 Å². The molecule has 0 unspecified atom stereocenters. The molecular weight excluding hydrogens is 534 g/mol. The van der Waals surface area contributed by atoms with Crippen molar-refractivity contribution in [2.45, 2.75) is 57.5 Å². The largest absolute Gasteiger partial charge is 0.352 e. The molecule has 3 rings (SSSR count). The number of sulfonamides is 1. The number of nitrogens with one attached hydrogen (secondary N) is 1. The first-order valence-electron chi connectivity index (χ1n) is 13.0. The number of hydrogen-bond acceptors (Lipinski definition) is 4. The van der Waals surface area contributed by atoms with Crippen LogP contribution in [0.1, 0.15) is 38.3 Å². The molecule has 0 aromatic heterocycles. The first kappa shape index (κ1) is 30.2. The molecule has 0 aliphatic heterocycles. The van der Waals surface area contributed by atoms with Gasteiger partial charge in [-0.15, -0.1) is 0 Å². The van der Waals surface area contributed by atoms with E-state index in [1.807, 2.05) is 51.1 Å². The second-order valence-corrected chi connectivity index (χ2v) is 11.8. The minimum absolute atomic E-state index is 0.0490. The second kappa shape index (κ2) is 13.6. The Hall–Kier alpha value is -3.36. The first-order chi connectivity index (χ1) is 18.5. The molecule has 7 nitrogen and oxygen atoms in total. The van der Waals surface area contributed by atoms with Crippen molar-refractivity contribution in [3.8, 4) is 0 Å². The number of aryl methyl sites for hydroxylation is 1. The highest BCUT2D eigenvalue weighted by Gasteiger charge is 2.32. The molecule has 0 radical (unpaired) electrons. The zero-order valence-corrected chi connectivity index (χ0v) is 24.4. The van der Waals surface area contributed by atoms with Crippen molar-refractivity contribution in [3.05, 3.63) is 95.0 Å². The van der Waals surface area contributed by atoms with Crippen LogP contribution in [0.5, 0.6) is 0 Å². The van der Waals surface area contributed by atoms with Crippen molar-refractivity contribution in [1.29, 1.82) is 0 Å². The van der Waals surface area contributed by atoms with E-state index in [0.717, 1.165) is 21.9 Å². The quantitative estimate of drug-likeness (QED) is 0.324. The summed E-state index contributed by atoms with van der Waals surface area (Å²) in [6.45, 7) is 7.09. The minimum atomic E-state index is -4.12. The van der Waals surface area contributed by atoms with Gasteiger partial charge >= 0.3 is 0 Å². The van der Waals surface area contributed by atoms with Crippen molar-refractivity contribution in [1.82, 2.24) is 10.2 Å². The summed E-state index contributed by atoms with van der Waals surface area (Å²) in [6.07, 6.45) is 1.25. The number of hydrogen-bond donors (Lipinski definition) is 1. The number of carbonyl (C=O) groups excluding carboxylic acids is 2. The smallest absolute Gasteiger partial charge is 0.264 e. The first-order valence-corrected chi connectivity index (χ1v) is 14.8. The summed E-state index contributed by atoms with van der Waals surface area (Å²) in [5.74, 6) is -0.782. The van der Waals surface area contributed by atoms with Gasteiger partial charge in [-0.1, -0.05) is 73.1 Å². The lowest BCUT2D eigenvalue weighted by Gasteiger charge is -2.32. The molecule has 39 heavy (non-hydrogen) atoms. The fraction of sp³-hybridized carbons (Fsp3) is 0.333. The van der Waals surface area contributed by atoms with Crippen molar-refractivity contribution in [3.63, 3.8) is 0 Å². The van der Waals surface area contributed by atoms with Crippen LogP contribution in [0.25, 0.3) is 0 Å². The molecule has 0 aliphatic carbocycles. The SMILES string of the molecule is CC[C@H](C)NC(=O)[C@@H](C)N(CCc1ccccc1)C(=O)CN(c1ccc(C)c(Cl)c1)S(=O)(=O)c1ccccc1. The Balaban J connectivity index is 1.98. The number of halogens is 1. The van der Waals surface area contributed by atoms with E-state index in [1.165, 1.54) is 23.1 Å². The second-order valence-electron chi connectivity index (χ2n) is 9.57. The monoisotopic (exact) mass is 569 g/mol. The van der Waals surface area contributed by atoms with Gasteiger partial charge in [-0.25, -0.2) is 8.42 Å². The maximum atomic E-state index is 13.9. The Bertz CT molecular complexity index is 1370. The topological polar surface area (TPSA) is 86.8 Å². The van der Waals surface area contributed by atoms with Crippen LogP contribution < -0.4 is 9.62 Å². The number of carbonyl (C=O) groups is 2. The van der Waals surface area contributed by atoms with Gasteiger partial charge in [0.1, 0.15) is 12.6 Å². The van der Waals surface area contributed by atoms with Gasteiger partial charge in [-0.3, -0.25) is 13.9 Å². The lowest BCUT2D eigenvalue weighted by molar-refractivity contribution is -0.139. The van der Waals surface area contributed by atoms with Gasteiger partial charge in [0.05, 0.1) is 10.6 Å². The molecule has 208 valence electrons. The number of amides is 2. The average Bonchev–Trinajstić information content (AvgIpc) is 2.94. The summed E-state index contributed by atoms with van der Waals surface area (Å²) in [6, 6.07) is 21.6. The lowest BCUT2D eigenvalue weighted by atomic mass is 10.1. The maximum Gasteiger partial charge on any atom is 0.264 e. The minimum Gasteiger partial charge on any atom is -0.352 e. The number of benzene rings is 3. The standard InChI is InChI=1S/C30H36ClN3O4S/c1-5-23(3)32-30(36)24(4)33(19-18-25-12-8-6-9-13-25)29(35)21-34(26-17-16-22(2)28(31)20-26)39(37,38)27-14-10-7-11-15-27/h6-17,20,23-24H,5,18-19,21H2,1-4H3,(H,32,36)/t23-,24+/m0/s1. The molecule has 2 atom stereocenters. The summed E-state index contributed by atoms with van der Waals surface area (Å²) in [5.41, 5.74) is 2.05. The van der Waals surface area contributed by atoms with E-state index in [1.54, 1.807) is 37.3 Å². The van der Waals surface area contributed by atoms with E-state index in [4.69, 9.17) is 11.6 Å². The molecule has 0 bridgehead atoms. The van der Waals surface area contributed by atoms with Gasteiger partial charge in [-0.2, -0.15) is 0 Å². The van der Waals surface area contributed by atoms with Crippen LogP contribution in [0.3, 0.4) is 0 Å². The van der Waals surface area contributed by atoms with Gasteiger partial charge in [0, 0.05) is 17.6 Å². The molecular formula is C30H36ClN3O4S. The molecule has 1 N–H and O–H groups in total. The molecule has 2 amide bonds. The summed E-state index contributed by atoms with van der Waals surface area (Å²) < 4.78 is 28.6. The maximum absolute atomic E-state index is 13.9. The molecule has 0 heterocycles. The Morgan fingerprint density at radius 1 is 0.949 bits per heavy atom. The molecule has 0 saturated carbocycles. The van der Waals surface area contributed by atoms with Crippen LogP contribution in [-0.2, 0) is 26.0 Å². The Kier molecular flexibility index (Phi) is 10.5. The lowest BCUT2D eigenvalue weighted by Crippen LogP contribution is -2.53. The third-order valence-electron chi connectivity index (χ3n) is 6.71. The fourth-order valence-electron chi connectivity index (χ4n) is 4.02. The van der Waals surface area contributed by atoms with E-state index in [0.29, 0.717) is 11.4 Å². The summed E-state index contributed by atoms with van der Waals surface area (Å²) in [7, 11) is -4.12. The van der Waals surface area contributed by atoms with Crippen LogP contribution in [0.4, 0.5) is 5.69 Å². The molecule has 0 spiro atoms. The predicted molar refractivity (Wildman–Crippen MR) is 156 cm³/mol. The Morgan fingerprint density at radius 3 is 2.15 bits per heavy atom. The van der Waals surface area contributed by atoms with Crippen LogP contribution in [0.2, 0.25) is 5.02 Å². The van der Waals surface area contributed by atoms with E-state index in [2.05, 4.69) is 5.32 Å². The molecule has 3 aromatic carbocycles. The summed E-state index contributed by atoms with van der Waals surface area (Å²) in [5, 5.41) is 3.32. The zero-order chi connectivity index (χ0) is 28.6. The van der Waals surface area contributed by atoms with Crippen LogP contribution in [0, 0.1) is 6.92 Å². The summed E-state index contributed by atoms with van der Waals surface area (Å²) in [4.78, 5) is 28.5. The van der Waals surface area contributed by atoms with Crippen LogP contribution >= 0.6 is 11.6 Å². The third kappa shape index (κ3) is 7.83.